The van der Waals surface area contributed by atoms with Crippen molar-refractivity contribution in [2.75, 3.05) is 13.0 Å². The lowest BCUT2D eigenvalue weighted by Crippen LogP contribution is -2.19. The van der Waals surface area contributed by atoms with Gasteiger partial charge >= 0.3 is 0 Å². The zero-order valence-corrected chi connectivity index (χ0v) is 10.2. The van der Waals surface area contributed by atoms with Gasteiger partial charge < -0.3 is 14.9 Å². The molecule has 17 heavy (non-hydrogen) atoms. The summed E-state index contributed by atoms with van der Waals surface area (Å²) in [6, 6.07) is 4.65. The highest BCUT2D eigenvalue weighted by atomic mass is 35.5. The lowest BCUT2D eigenvalue weighted by Gasteiger charge is -2.19. The summed E-state index contributed by atoms with van der Waals surface area (Å²) in [5, 5.41) is 19.6. The third kappa shape index (κ3) is 3.43. The Morgan fingerprint density at radius 1 is 1.47 bits per heavy atom. The summed E-state index contributed by atoms with van der Waals surface area (Å²) in [5.74, 6) is 0.671. The van der Waals surface area contributed by atoms with Gasteiger partial charge in [-0.15, -0.1) is 11.6 Å². The van der Waals surface area contributed by atoms with Crippen LogP contribution in [-0.4, -0.2) is 35.6 Å². The van der Waals surface area contributed by atoms with Crippen molar-refractivity contribution in [2.24, 2.45) is 0 Å². The maximum atomic E-state index is 10.7. The Bertz CT molecular complexity index is 381. The van der Waals surface area contributed by atoms with Crippen LogP contribution >= 0.6 is 11.6 Å². The topological polar surface area (TPSA) is 66.8 Å². The van der Waals surface area contributed by atoms with E-state index in [2.05, 4.69) is 0 Å². The minimum Gasteiger partial charge on any atom is -0.496 e. The molecule has 0 amide bonds. The fraction of sp³-hybridized carbons (Fsp3) is 0.417. The summed E-state index contributed by atoms with van der Waals surface area (Å²) in [5.41, 5.74) is 0.799. The molecule has 2 unspecified atom stereocenters. The van der Waals surface area contributed by atoms with Crippen molar-refractivity contribution in [1.82, 2.24) is 0 Å². The van der Waals surface area contributed by atoms with Crippen LogP contribution in [0.3, 0.4) is 0 Å². The Kier molecular flexibility index (Phi) is 5.41. The Morgan fingerprint density at radius 3 is 2.71 bits per heavy atom. The zero-order chi connectivity index (χ0) is 12.8. The van der Waals surface area contributed by atoms with E-state index in [-0.39, 0.29) is 12.3 Å². The first-order valence-electron chi connectivity index (χ1n) is 5.19. The quantitative estimate of drug-likeness (QED) is 0.600. The highest BCUT2D eigenvalue weighted by Crippen LogP contribution is 2.29. The molecular weight excluding hydrogens is 244 g/mol. The Hall–Kier alpha value is -1.10. The van der Waals surface area contributed by atoms with E-state index in [0.29, 0.717) is 23.2 Å². The van der Waals surface area contributed by atoms with Gasteiger partial charge in [0.1, 0.15) is 18.1 Å². The number of hydrogen-bond acceptors (Lipinski definition) is 4. The number of ether oxygens (including phenoxy) is 1. The van der Waals surface area contributed by atoms with Gasteiger partial charge in [-0.2, -0.15) is 0 Å². The summed E-state index contributed by atoms with van der Waals surface area (Å²) in [4.78, 5) is 10.7. The second kappa shape index (κ2) is 6.59. The van der Waals surface area contributed by atoms with Gasteiger partial charge in [-0.1, -0.05) is 0 Å². The number of rotatable bonds is 6. The molecule has 0 aliphatic heterocycles. The monoisotopic (exact) mass is 258 g/mol. The summed E-state index contributed by atoms with van der Waals surface area (Å²) < 4.78 is 5.07. The van der Waals surface area contributed by atoms with E-state index in [1.165, 1.54) is 13.2 Å². The van der Waals surface area contributed by atoms with Gasteiger partial charge in [0.05, 0.1) is 13.2 Å². The molecule has 1 rings (SSSR count). The number of methoxy groups -OCH3 is 1. The van der Waals surface area contributed by atoms with Gasteiger partial charge in [-0.25, -0.2) is 0 Å². The van der Waals surface area contributed by atoms with E-state index in [1.54, 1.807) is 12.1 Å². The number of aliphatic hydroxyl groups is 2. The van der Waals surface area contributed by atoms with E-state index in [0.717, 1.165) is 0 Å². The molecule has 0 aliphatic rings. The average molecular weight is 259 g/mol. The highest BCUT2D eigenvalue weighted by molar-refractivity contribution is 6.17. The molecule has 0 saturated carbocycles. The molecule has 4 nitrogen and oxygen atoms in total. The predicted octanol–water partition coefficient (Wildman–Crippen LogP) is 1.53. The van der Waals surface area contributed by atoms with Gasteiger partial charge in [0.25, 0.3) is 0 Å². The fourth-order valence-corrected chi connectivity index (χ4v) is 1.76. The van der Waals surface area contributed by atoms with Crippen molar-refractivity contribution in [3.8, 4) is 5.75 Å². The minimum absolute atomic E-state index is 0.244. The maximum absolute atomic E-state index is 10.7. The molecule has 0 fully saturated rings. The smallest absolute Gasteiger partial charge is 0.150 e. The first kappa shape index (κ1) is 14.0. The van der Waals surface area contributed by atoms with E-state index in [1.807, 2.05) is 0 Å². The molecule has 94 valence electrons. The minimum atomic E-state index is -1.12. The van der Waals surface area contributed by atoms with Crippen LogP contribution in [0.1, 0.15) is 28.4 Å². The molecule has 2 N–H and O–H groups in total. The predicted molar refractivity (Wildman–Crippen MR) is 64.7 cm³/mol. The Labute approximate surface area is 105 Å². The molecule has 0 bridgehead atoms. The van der Waals surface area contributed by atoms with Gasteiger partial charge in [0, 0.05) is 17.0 Å². The van der Waals surface area contributed by atoms with Crippen LogP contribution in [-0.2, 0) is 0 Å². The van der Waals surface area contributed by atoms with Crippen LogP contribution in [0.5, 0.6) is 5.75 Å². The second-order valence-electron chi connectivity index (χ2n) is 3.61. The maximum Gasteiger partial charge on any atom is 0.150 e. The lowest BCUT2D eigenvalue weighted by molar-refractivity contribution is 0.0156. The van der Waals surface area contributed by atoms with Crippen LogP contribution in [0.25, 0.3) is 0 Å². The SMILES string of the molecule is COc1ccc(C=O)cc1C(O)C(O)CCCl. The molecule has 0 heterocycles. The molecule has 5 heteroatoms. The molecule has 0 aliphatic carbocycles. The lowest BCUT2D eigenvalue weighted by atomic mass is 9.99. The molecule has 1 aromatic carbocycles. The number of alkyl halides is 1. The van der Waals surface area contributed by atoms with Crippen LogP contribution in [0.4, 0.5) is 0 Å². The summed E-state index contributed by atoms with van der Waals surface area (Å²) in [7, 11) is 1.46. The second-order valence-corrected chi connectivity index (χ2v) is 3.99. The third-order valence-electron chi connectivity index (χ3n) is 2.48. The molecule has 1 aromatic rings. The van der Waals surface area contributed by atoms with Crippen molar-refractivity contribution >= 4 is 17.9 Å². The number of carbonyl (C=O) groups excluding carboxylic acids is 1. The summed E-state index contributed by atoms with van der Waals surface area (Å²) in [6.07, 6.45) is -1.17. The summed E-state index contributed by atoms with van der Waals surface area (Å²) >= 11 is 5.50. The van der Waals surface area contributed by atoms with E-state index in [9.17, 15) is 15.0 Å². The molecule has 0 radical (unpaired) electrons. The van der Waals surface area contributed by atoms with Crippen molar-refractivity contribution in [3.05, 3.63) is 29.3 Å². The van der Waals surface area contributed by atoms with Crippen molar-refractivity contribution in [1.29, 1.82) is 0 Å². The number of benzene rings is 1. The van der Waals surface area contributed by atoms with E-state index >= 15 is 0 Å². The standard InChI is InChI=1S/C12H15ClO4/c1-17-11-3-2-8(7-14)6-9(11)12(16)10(15)4-5-13/h2-3,6-7,10,12,15-16H,4-5H2,1H3. The highest BCUT2D eigenvalue weighted by Gasteiger charge is 2.21. The first-order valence-corrected chi connectivity index (χ1v) is 5.72. The fourth-order valence-electron chi connectivity index (χ4n) is 1.53. The van der Waals surface area contributed by atoms with Gasteiger partial charge in [-0.3, -0.25) is 4.79 Å². The number of carbonyl (C=O) groups is 1. The molecule has 0 aromatic heterocycles. The number of aliphatic hydroxyl groups excluding tert-OH is 2. The van der Waals surface area contributed by atoms with Crippen LogP contribution < -0.4 is 4.74 Å². The van der Waals surface area contributed by atoms with E-state index < -0.39 is 12.2 Å². The summed E-state index contributed by atoms with van der Waals surface area (Å²) in [6.45, 7) is 0. The van der Waals surface area contributed by atoms with Crippen molar-refractivity contribution < 1.29 is 19.7 Å². The van der Waals surface area contributed by atoms with Gasteiger partial charge in [-0.05, 0) is 24.6 Å². The first-order chi connectivity index (χ1) is 8.13. The number of hydrogen-bond donors (Lipinski definition) is 2. The molecular formula is C12H15ClO4. The van der Waals surface area contributed by atoms with Gasteiger partial charge in [0.15, 0.2) is 0 Å². The largest absolute Gasteiger partial charge is 0.496 e. The molecule has 2 atom stereocenters. The number of aldehydes is 1. The zero-order valence-electron chi connectivity index (χ0n) is 9.47. The molecule has 0 saturated heterocycles. The Morgan fingerprint density at radius 2 is 2.18 bits per heavy atom. The number of halogens is 1. The van der Waals surface area contributed by atoms with E-state index in [4.69, 9.17) is 16.3 Å². The van der Waals surface area contributed by atoms with Crippen LogP contribution in [0.15, 0.2) is 18.2 Å². The van der Waals surface area contributed by atoms with Gasteiger partial charge in [0.2, 0.25) is 0 Å². The Balaban J connectivity index is 3.04. The normalized spacial score (nSPS) is 14.1. The van der Waals surface area contributed by atoms with Crippen molar-refractivity contribution in [3.63, 3.8) is 0 Å². The van der Waals surface area contributed by atoms with Crippen LogP contribution in [0, 0.1) is 0 Å². The molecule has 0 spiro atoms. The third-order valence-corrected chi connectivity index (χ3v) is 2.70. The average Bonchev–Trinajstić information content (AvgIpc) is 2.37. The van der Waals surface area contributed by atoms with Crippen molar-refractivity contribution in [2.45, 2.75) is 18.6 Å². The van der Waals surface area contributed by atoms with Crippen LogP contribution in [0.2, 0.25) is 0 Å².